The van der Waals surface area contributed by atoms with Gasteiger partial charge in [-0.15, -0.1) is 0 Å². The van der Waals surface area contributed by atoms with Crippen LogP contribution in [0.4, 0.5) is 0 Å². The molecule has 5 rings (SSSR count). The number of ether oxygens (including phenoxy) is 1. The highest BCUT2D eigenvalue weighted by Crippen LogP contribution is 2.31. The van der Waals surface area contributed by atoms with Crippen LogP contribution in [0.15, 0.2) is 53.1 Å². The number of H-pyrrole nitrogens is 1. The first-order valence-electron chi connectivity index (χ1n) is 9.90. The predicted molar refractivity (Wildman–Crippen MR) is 107 cm³/mol. The molecule has 0 radical (unpaired) electrons. The first-order chi connectivity index (χ1) is 14.8. The molecule has 0 unspecified atom stereocenters. The molecule has 30 heavy (non-hydrogen) atoms. The van der Waals surface area contributed by atoms with Crippen molar-refractivity contribution in [3.63, 3.8) is 0 Å². The summed E-state index contributed by atoms with van der Waals surface area (Å²) in [6.07, 6.45) is 2.72. The van der Waals surface area contributed by atoms with E-state index in [4.69, 9.17) is 9.26 Å². The third kappa shape index (κ3) is 3.61. The van der Waals surface area contributed by atoms with Crippen LogP contribution >= 0.6 is 0 Å². The molecule has 1 N–H and O–H groups in total. The smallest absolute Gasteiger partial charge is 0.261 e. The number of amides is 1. The van der Waals surface area contributed by atoms with Gasteiger partial charge in [-0.2, -0.15) is 20.4 Å². The molecular formula is C21H20N6O3. The van der Waals surface area contributed by atoms with Gasteiger partial charge in [-0.1, -0.05) is 23.4 Å². The summed E-state index contributed by atoms with van der Waals surface area (Å²) < 4.78 is 11.2. The van der Waals surface area contributed by atoms with Crippen molar-refractivity contribution < 1.29 is 14.1 Å². The summed E-state index contributed by atoms with van der Waals surface area (Å²) in [5.41, 5.74) is 2.28. The quantitative estimate of drug-likeness (QED) is 0.544. The molecule has 0 bridgehead atoms. The zero-order valence-corrected chi connectivity index (χ0v) is 16.2. The second kappa shape index (κ2) is 7.94. The summed E-state index contributed by atoms with van der Waals surface area (Å²) in [6.45, 7) is 0.620. The number of fused-ring (bicyclic) bond motifs is 1. The van der Waals surface area contributed by atoms with E-state index >= 15 is 0 Å². The van der Waals surface area contributed by atoms with Gasteiger partial charge in [0.25, 0.3) is 5.91 Å². The number of aromatic nitrogens is 5. The van der Waals surface area contributed by atoms with Gasteiger partial charge < -0.3 is 14.2 Å². The van der Waals surface area contributed by atoms with Gasteiger partial charge in [0.2, 0.25) is 11.7 Å². The Hall–Kier alpha value is -3.75. The van der Waals surface area contributed by atoms with Gasteiger partial charge >= 0.3 is 0 Å². The third-order valence-electron chi connectivity index (χ3n) is 5.23. The summed E-state index contributed by atoms with van der Waals surface area (Å²) in [5.74, 6) is 1.49. The minimum Gasteiger partial charge on any atom is -0.484 e. The number of likely N-dealkylation sites (tertiary alicyclic amines) is 1. The summed E-state index contributed by atoms with van der Waals surface area (Å²) >= 11 is 0. The Bertz CT molecular complexity index is 1160. The molecule has 152 valence electrons. The van der Waals surface area contributed by atoms with Crippen molar-refractivity contribution in [1.82, 2.24) is 30.5 Å². The maximum Gasteiger partial charge on any atom is 0.261 e. The van der Waals surface area contributed by atoms with Gasteiger partial charge in [0.05, 0.1) is 0 Å². The van der Waals surface area contributed by atoms with Crippen LogP contribution in [0.2, 0.25) is 0 Å². The number of nitrogens with zero attached hydrogens (tertiary/aromatic N) is 5. The average molecular weight is 404 g/mol. The van der Waals surface area contributed by atoms with Crippen molar-refractivity contribution in [3.05, 3.63) is 54.4 Å². The fourth-order valence-corrected chi connectivity index (χ4v) is 3.70. The summed E-state index contributed by atoms with van der Waals surface area (Å²) in [5, 5.41) is 14.9. The first kappa shape index (κ1) is 18.3. The lowest BCUT2D eigenvalue weighted by molar-refractivity contribution is -0.138. The molecule has 3 heterocycles. The monoisotopic (exact) mass is 404 g/mol. The van der Waals surface area contributed by atoms with E-state index in [1.165, 1.54) is 0 Å². The SMILES string of the molecule is O=C(COc1ccccc1)N1CCCC[C@@H]1c1nc(-c2ccc3n[nH]nc3c2)no1. The van der Waals surface area contributed by atoms with Gasteiger partial charge in [0.1, 0.15) is 22.8 Å². The average Bonchev–Trinajstić information content (AvgIpc) is 3.47. The molecule has 1 atom stereocenters. The predicted octanol–water partition coefficient (Wildman–Crippen LogP) is 3.14. The molecule has 2 aromatic carbocycles. The molecule has 0 aliphatic carbocycles. The zero-order valence-electron chi connectivity index (χ0n) is 16.2. The van der Waals surface area contributed by atoms with E-state index in [9.17, 15) is 4.79 Å². The Kier molecular flexibility index (Phi) is 4.84. The van der Waals surface area contributed by atoms with Crippen LogP contribution in [-0.4, -0.2) is 49.5 Å². The van der Waals surface area contributed by atoms with E-state index < -0.39 is 0 Å². The van der Waals surface area contributed by atoms with Crippen molar-refractivity contribution in [2.24, 2.45) is 0 Å². The van der Waals surface area contributed by atoms with E-state index in [-0.39, 0.29) is 18.6 Å². The van der Waals surface area contributed by atoms with Crippen molar-refractivity contribution in [2.75, 3.05) is 13.2 Å². The minimum absolute atomic E-state index is 0.0235. The lowest BCUT2D eigenvalue weighted by Crippen LogP contribution is -2.41. The fraction of sp³-hybridized carbons (Fsp3) is 0.286. The van der Waals surface area contributed by atoms with Crippen molar-refractivity contribution >= 4 is 16.9 Å². The highest BCUT2D eigenvalue weighted by Gasteiger charge is 2.32. The molecule has 1 aliphatic rings. The molecular weight excluding hydrogens is 384 g/mol. The molecule has 0 spiro atoms. The Labute approximate surface area is 172 Å². The maximum absolute atomic E-state index is 12.8. The number of rotatable bonds is 5. The number of carbonyl (C=O) groups is 1. The standard InChI is InChI=1S/C21H20N6O3/c28-19(13-29-15-6-2-1-3-7-15)27-11-5-4-8-18(27)21-22-20(25-30-21)14-9-10-16-17(12-14)24-26-23-16/h1-3,6-7,9-10,12,18H,4-5,8,11,13H2,(H,23,24,26)/t18-/m1/s1. The van der Waals surface area contributed by atoms with Crippen molar-refractivity contribution in [1.29, 1.82) is 0 Å². The molecule has 1 amide bonds. The number of aromatic amines is 1. The number of benzene rings is 2. The van der Waals surface area contributed by atoms with E-state index in [1.54, 1.807) is 4.90 Å². The third-order valence-corrected chi connectivity index (χ3v) is 5.23. The van der Waals surface area contributed by atoms with Crippen LogP contribution < -0.4 is 4.74 Å². The van der Waals surface area contributed by atoms with Gasteiger partial charge in [-0.3, -0.25) is 4.79 Å². The molecule has 9 heteroatoms. The molecule has 9 nitrogen and oxygen atoms in total. The Morgan fingerprint density at radius 3 is 2.90 bits per heavy atom. The fourth-order valence-electron chi connectivity index (χ4n) is 3.70. The van der Waals surface area contributed by atoms with Crippen molar-refractivity contribution in [3.8, 4) is 17.1 Å². The second-order valence-electron chi connectivity index (χ2n) is 7.18. The Balaban J connectivity index is 1.33. The number of hydrogen-bond donors (Lipinski definition) is 1. The number of hydrogen-bond acceptors (Lipinski definition) is 7. The zero-order chi connectivity index (χ0) is 20.3. The normalized spacial score (nSPS) is 16.7. The van der Waals surface area contributed by atoms with Crippen LogP contribution in [0.5, 0.6) is 5.75 Å². The Morgan fingerprint density at radius 2 is 2.00 bits per heavy atom. The van der Waals surface area contributed by atoms with Crippen LogP contribution in [0, 0.1) is 0 Å². The summed E-state index contributed by atoms with van der Waals surface area (Å²) in [4.78, 5) is 19.2. The Morgan fingerprint density at radius 1 is 1.13 bits per heavy atom. The maximum atomic E-state index is 12.8. The van der Waals surface area contributed by atoms with Crippen LogP contribution in [0.1, 0.15) is 31.2 Å². The van der Waals surface area contributed by atoms with Gasteiger partial charge in [-0.25, -0.2) is 0 Å². The van der Waals surface area contributed by atoms with E-state index in [2.05, 4.69) is 25.6 Å². The van der Waals surface area contributed by atoms with E-state index in [1.807, 2.05) is 48.5 Å². The van der Waals surface area contributed by atoms with Gasteiger partial charge in [-0.05, 0) is 49.6 Å². The molecule has 2 aromatic heterocycles. The number of para-hydroxylation sites is 1. The van der Waals surface area contributed by atoms with Crippen molar-refractivity contribution in [2.45, 2.75) is 25.3 Å². The number of carbonyl (C=O) groups excluding carboxylic acids is 1. The first-order valence-corrected chi connectivity index (χ1v) is 9.90. The summed E-state index contributed by atoms with van der Waals surface area (Å²) in [7, 11) is 0. The minimum atomic E-state index is -0.248. The molecule has 0 saturated carbocycles. The molecule has 1 aliphatic heterocycles. The topological polar surface area (TPSA) is 110 Å². The molecule has 1 saturated heterocycles. The lowest BCUT2D eigenvalue weighted by Gasteiger charge is -2.33. The molecule has 1 fully saturated rings. The number of nitrogens with one attached hydrogen (secondary N) is 1. The highest BCUT2D eigenvalue weighted by molar-refractivity contribution is 5.79. The van der Waals surface area contributed by atoms with E-state index in [0.29, 0.717) is 24.0 Å². The summed E-state index contributed by atoms with van der Waals surface area (Å²) in [6, 6.07) is 14.6. The van der Waals surface area contributed by atoms with Crippen LogP contribution in [-0.2, 0) is 4.79 Å². The highest BCUT2D eigenvalue weighted by atomic mass is 16.5. The van der Waals surface area contributed by atoms with Gasteiger partial charge in [0, 0.05) is 12.1 Å². The van der Waals surface area contributed by atoms with E-state index in [0.717, 1.165) is 35.9 Å². The molecule has 4 aromatic rings. The number of piperidine rings is 1. The largest absolute Gasteiger partial charge is 0.484 e. The van der Waals surface area contributed by atoms with Crippen LogP contribution in [0.3, 0.4) is 0 Å². The lowest BCUT2D eigenvalue weighted by atomic mass is 10.0. The van der Waals surface area contributed by atoms with Crippen LogP contribution in [0.25, 0.3) is 22.4 Å². The second-order valence-corrected chi connectivity index (χ2v) is 7.18. The van der Waals surface area contributed by atoms with Gasteiger partial charge in [0.15, 0.2) is 6.61 Å².